The van der Waals surface area contributed by atoms with Crippen LogP contribution in [0.2, 0.25) is 0 Å². The summed E-state index contributed by atoms with van der Waals surface area (Å²) < 4.78 is 23.9. The van der Waals surface area contributed by atoms with Gasteiger partial charge in [0.1, 0.15) is 0 Å². The van der Waals surface area contributed by atoms with Crippen LogP contribution in [0.3, 0.4) is 0 Å². The van der Waals surface area contributed by atoms with Gasteiger partial charge in [0, 0.05) is 18.2 Å². The van der Waals surface area contributed by atoms with Crippen LogP contribution in [0, 0.1) is 11.8 Å². The third-order valence-corrected chi connectivity index (χ3v) is 8.64. The Balaban J connectivity index is 1.67. The molecule has 2 bridgehead atoms. The molecule has 4 fully saturated rings. The molecule has 0 radical (unpaired) electrons. The fourth-order valence-electron chi connectivity index (χ4n) is 4.67. The van der Waals surface area contributed by atoms with Gasteiger partial charge in [-0.3, -0.25) is 4.79 Å². The van der Waals surface area contributed by atoms with Gasteiger partial charge in [0.25, 0.3) is 0 Å². The van der Waals surface area contributed by atoms with Gasteiger partial charge in [-0.25, -0.2) is 8.42 Å². The molecule has 4 rings (SSSR count). The van der Waals surface area contributed by atoms with Crippen LogP contribution < -0.4 is 0 Å². The maximum absolute atomic E-state index is 11.9. The molecule has 7 heteroatoms. The SMILES string of the molecule is CC(=O)N=C1S[C@H]2CS(=O)(=O)C[C@H]2N1[C@@H]1C[C@@H]2CC[C@@H]1C2. The molecule has 2 saturated carbocycles. The maximum atomic E-state index is 11.9. The molecule has 0 aromatic carbocycles. The fourth-order valence-corrected chi connectivity index (χ4v) is 8.68. The highest BCUT2D eigenvalue weighted by molar-refractivity contribution is 8.15. The highest BCUT2D eigenvalue weighted by Crippen LogP contribution is 2.51. The Bertz CT molecular complexity index is 616. The Labute approximate surface area is 129 Å². The van der Waals surface area contributed by atoms with E-state index in [9.17, 15) is 13.2 Å². The van der Waals surface area contributed by atoms with E-state index in [1.807, 2.05) is 0 Å². The zero-order valence-corrected chi connectivity index (χ0v) is 13.7. The first-order valence-corrected chi connectivity index (χ1v) is 10.4. The number of carbonyl (C=O) groups excluding carboxylic acids is 1. The third-order valence-electron chi connectivity index (χ3n) is 5.42. The lowest BCUT2D eigenvalue weighted by Gasteiger charge is -2.36. The highest BCUT2D eigenvalue weighted by atomic mass is 32.2. The monoisotopic (exact) mass is 328 g/mol. The molecule has 0 aromatic heterocycles. The highest BCUT2D eigenvalue weighted by Gasteiger charge is 2.54. The first-order valence-electron chi connectivity index (χ1n) is 7.67. The smallest absolute Gasteiger partial charge is 0.244 e. The molecule has 0 N–H and O–H groups in total. The van der Waals surface area contributed by atoms with Gasteiger partial charge in [-0.05, 0) is 31.1 Å². The van der Waals surface area contributed by atoms with Crippen LogP contribution in [0.5, 0.6) is 0 Å². The molecule has 0 spiro atoms. The van der Waals surface area contributed by atoms with Gasteiger partial charge in [-0.1, -0.05) is 18.2 Å². The molecule has 5 nitrogen and oxygen atoms in total. The second-order valence-electron chi connectivity index (χ2n) is 6.86. The molecule has 2 saturated heterocycles. The quantitative estimate of drug-likeness (QED) is 0.726. The summed E-state index contributed by atoms with van der Waals surface area (Å²) in [5.41, 5.74) is 0. The van der Waals surface area contributed by atoms with Crippen LogP contribution in [0.15, 0.2) is 4.99 Å². The van der Waals surface area contributed by atoms with Crippen LogP contribution in [0.25, 0.3) is 0 Å². The second kappa shape index (κ2) is 4.72. The summed E-state index contributed by atoms with van der Waals surface area (Å²) >= 11 is 1.51. The van der Waals surface area contributed by atoms with Crippen molar-refractivity contribution < 1.29 is 13.2 Å². The van der Waals surface area contributed by atoms with Gasteiger partial charge in [-0.15, -0.1) is 0 Å². The standard InChI is InChI=1S/C14H20N2O3S2/c1-8(17)15-14-16(11-5-9-2-3-10(11)4-9)12-6-21(18,19)7-13(12)20-14/h9-13H,2-7H2,1H3/t9-,10-,11-,12-,13+/m1/s1. The van der Waals surface area contributed by atoms with E-state index in [1.165, 1.54) is 37.9 Å². The average molecular weight is 328 g/mol. The predicted molar refractivity (Wildman–Crippen MR) is 83.0 cm³/mol. The van der Waals surface area contributed by atoms with Crippen molar-refractivity contribution in [3.63, 3.8) is 0 Å². The third kappa shape index (κ3) is 2.32. The minimum Gasteiger partial charge on any atom is -0.343 e. The second-order valence-corrected chi connectivity index (χ2v) is 10.2. The molecule has 2 aliphatic heterocycles. The Hall–Kier alpha value is -0.560. The van der Waals surface area contributed by atoms with Gasteiger partial charge in [-0.2, -0.15) is 4.99 Å². The summed E-state index contributed by atoms with van der Waals surface area (Å²) in [6.45, 7) is 1.47. The number of fused-ring (bicyclic) bond motifs is 3. The number of amides is 1. The van der Waals surface area contributed by atoms with Crippen molar-refractivity contribution in [2.75, 3.05) is 11.5 Å². The van der Waals surface area contributed by atoms with Crippen LogP contribution >= 0.6 is 11.8 Å². The maximum Gasteiger partial charge on any atom is 0.244 e. The number of thioether (sulfide) groups is 1. The van der Waals surface area contributed by atoms with Crippen molar-refractivity contribution in [1.29, 1.82) is 0 Å². The van der Waals surface area contributed by atoms with Crippen molar-refractivity contribution in [1.82, 2.24) is 4.90 Å². The van der Waals surface area contributed by atoms with Crippen molar-refractivity contribution in [3.8, 4) is 0 Å². The van der Waals surface area contributed by atoms with Crippen LogP contribution in [0.4, 0.5) is 0 Å². The normalized spacial score (nSPS) is 45.5. The van der Waals surface area contributed by atoms with E-state index in [2.05, 4.69) is 9.89 Å². The Morgan fingerprint density at radius 2 is 2.05 bits per heavy atom. The lowest BCUT2D eigenvalue weighted by atomic mass is 9.93. The lowest BCUT2D eigenvalue weighted by Crippen LogP contribution is -2.47. The summed E-state index contributed by atoms with van der Waals surface area (Å²) in [7, 11) is -2.94. The summed E-state index contributed by atoms with van der Waals surface area (Å²) in [5.74, 6) is 1.73. The summed E-state index contributed by atoms with van der Waals surface area (Å²) in [6.07, 6.45) is 4.97. The number of nitrogens with zero attached hydrogens (tertiary/aromatic N) is 2. The van der Waals surface area contributed by atoms with Gasteiger partial charge >= 0.3 is 0 Å². The number of carbonyl (C=O) groups is 1. The van der Waals surface area contributed by atoms with Gasteiger partial charge in [0.05, 0.1) is 17.5 Å². The van der Waals surface area contributed by atoms with Gasteiger partial charge in [0.15, 0.2) is 15.0 Å². The minimum absolute atomic E-state index is 0.0300. The summed E-state index contributed by atoms with van der Waals surface area (Å²) in [6, 6.07) is 0.431. The molecular formula is C14H20N2O3S2. The van der Waals surface area contributed by atoms with E-state index in [-0.39, 0.29) is 28.7 Å². The summed E-state index contributed by atoms with van der Waals surface area (Å²) in [4.78, 5) is 17.8. The fraction of sp³-hybridized carbons (Fsp3) is 0.857. The number of amidine groups is 1. The van der Waals surface area contributed by atoms with Crippen LogP contribution in [-0.4, -0.2) is 53.2 Å². The van der Waals surface area contributed by atoms with Gasteiger partial charge in [0.2, 0.25) is 5.91 Å². The average Bonchev–Trinajstić information content (AvgIpc) is 3.07. The molecule has 21 heavy (non-hydrogen) atoms. The first-order chi connectivity index (χ1) is 9.93. The predicted octanol–water partition coefficient (Wildman–Crippen LogP) is 1.29. The Kier molecular flexibility index (Phi) is 3.16. The molecule has 2 heterocycles. The summed E-state index contributed by atoms with van der Waals surface area (Å²) in [5, 5.41) is 0.845. The zero-order valence-electron chi connectivity index (χ0n) is 12.1. The molecular weight excluding hydrogens is 308 g/mol. The van der Waals surface area contributed by atoms with E-state index in [0.29, 0.717) is 12.0 Å². The zero-order chi connectivity index (χ0) is 14.8. The molecule has 2 aliphatic carbocycles. The molecule has 116 valence electrons. The number of sulfone groups is 1. The Morgan fingerprint density at radius 3 is 2.67 bits per heavy atom. The minimum atomic E-state index is -2.94. The topological polar surface area (TPSA) is 66.8 Å². The first kappa shape index (κ1) is 14.1. The number of aliphatic imine (C=N–C) groups is 1. The van der Waals surface area contributed by atoms with Crippen molar-refractivity contribution >= 4 is 32.7 Å². The molecule has 0 unspecified atom stereocenters. The van der Waals surface area contributed by atoms with E-state index >= 15 is 0 Å². The van der Waals surface area contributed by atoms with Crippen molar-refractivity contribution in [2.45, 2.75) is 49.9 Å². The van der Waals surface area contributed by atoms with Crippen molar-refractivity contribution in [2.24, 2.45) is 16.8 Å². The van der Waals surface area contributed by atoms with E-state index < -0.39 is 9.84 Å². The van der Waals surface area contributed by atoms with E-state index in [0.717, 1.165) is 17.5 Å². The largest absolute Gasteiger partial charge is 0.343 e. The van der Waals surface area contributed by atoms with E-state index in [1.54, 1.807) is 0 Å². The molecule has 0 aromatic rings. The number of hydrogen-bond donors (Lipinski definition) is 0. The lowest BCUT2D eigenvalue weighted by molar-refractivity contribution is -0.115. The van der Waals surface area contributed by atoms with Crippen LogP contribution in [-0.2, 0) is 14.6 Å². The number of hydrogen-bond acceptors (Lipinski definition) is 4. The number of rotatable bonds is 1. The van der Waals surface area contributed by atoms with E-state index in [4.69, 9.17) is 0 Å². The molecule has 4 aliphatic rings. The molecule has 5 atom stereocenters. The van der Waals surface area contributed by atoms with Crippen LogP contribution in [0.1, 0.15) is 32.6 Å². The molecule has 1 amide bonds. The van der Waals surface area contributed by atoms with Crippen molar-refractivity contribution in [3.05, 3.63) is 0 Å². The van der Waals surface area contributed by atoms with Gasteiger partial charge < -0.3 is 4.90 Å². The Morgan fingerprint density at radius 1 is 1.24 bits per heavy atom.